The molecule has 1 aromatic carbocycles. The molecule has 0 atom stereocenters. The lowest BCUT2D eigenvalue weighted by Crippen LogP contribution is -2.33. The van der Waals surface area contributed by atoms with Crippen LogP contribution in [0.2, 0.25) is 0 Å². The highest BCUT2D eigenvalue weighted by Crippen LogP contribution is 2.31. The molecule has 4 heteroatoms. The summed E-state index contributed by atoms with van der Waals surface area (Å²) >= 11 is 0. The maximum absolute atomic E-state index is 11.1. The standard InChI is InChI=1S/C9H6O4/c10-7-5-3-1-2-4-6(5)9(12,13)8(7)11/h1-4,12-13H. The van der Waals surface area contributed by atoms with Gasteiger partial charge in [0, 0.05) is 11.1 Å². The summed E-state index contributed by atoms with van der Waals surface area (Å²) in [7, 11) is 0. The van der Waals surface area contributed by atoms with Crippen molar-refractivity contribution in [1.29, 1.82) is 0 Å². The number of Topliss-reactive ketones (excluding diaryl/α,β-unsaturated/α-hetero) is 2. The minimum Gasteiger partial charge on any atom is -0.356 e. The summed E-state index contributed by atoms with van der Waals surface area (Å²) < 4.78 is 0. The van der Waals surface area contributed by atoms with E-state index in [0.29, 0.717) is 0 Å². The molecule has 0 amide bonds. The van der Waals surface area contributed by atoms with Crippen molar-refractivity contribution in [3.63, 3.8) is 0 Å². The van der Waals surface area contributed by atoms with E-state index in [-0.39, 0.29) is 11.1 Å². The highest BCUT2D eigenvalue weighted by Gasteiger charge is 2.49. The predicted molar refractivity (Wildman–Crippen MR) is 41.9 cm³/mol. The second kappa shape index (κ2) is 2.25. The first-order valence-electron chi connectivity index (χ1n) is 3.68. The molecule has 1 aliphatic rings. The molecule has 66 valence electrons. The van der Waals surface area contributed by atoms with Crippen LogP contribution in [0.25, 0.3) is 0 Å². The van der Waals surface area contributed by atoms with Crippen LogP contribution in [0.5, 0.6) is 0 Å². The van der Waals surface area contributed by atoms with Crippen LogP contribution in [0.15, 0.2) is 24.3 Å². The van der Waals surface area contributed by atoms with Crippen LogP contribution in [0.4, 0.5) is 0 Å². The second-order valence-corrected chi connectivity index (χ2v) is 2.88. The molecule has 1 aromatic rings. The summed E-state index contributed by atoms with van der Waals surface area (Å²) in [5.74, 6) is -4.66. The fraction of sp³-hybridized carbons (Fsp3) is 0.111. The van der Waals surface area contributed by atoms with E-state index in [1.165, 1.54) is 18.2 Å². The van der Waals surface area contributed by atoms with E-state index in [9.17, 15) is 19.8 Å². The summed E-state index contributed by atoms with van der Waals surface area (Å²) in [5.41, 5.74) is 0.0301. The van der Waals surface area contributed by atoms with Crippen molar-refractivity contribution in [2.75, 3.05) is 0 Å². The Morgan fingerprint density at radius 2 is 1.69 bits per heavy atom. The summed E-state index contributed by atoms with van der Waals surface area (Å²) in [4.78, 5) is 22.2. The number of ketones is 2. The first-order valence-corrected chi connectivity index (χ1v) is 3.68. The molecule has 0 bridgehead atoms. The molecule has 0 radical (unpaired) electrons. The molecule has 1 aliphatic carbocycles. The fourth-order valence-electron chi connectivity index (χ4n) is 1.39. The van der Waals surface area contributed by atoms with Crippen LogP contribution in [-0.2, 0) is 10.6 Å². The van der Waals surface area contributed by atoms with Crippen molar-refractivity contribution in [3.8, 4) is 0 Å². The van der Waals surface area contributed by atoms with Crippen molar-refractivity contribution in [1.82, 2.24) is 0 Å². The number of hydrogen-bond acceptors (Lipinski definition) is 4. The Morgan fingerprint density at radius 1 is 1.08 bits per heavy atom. The smallest absolute Gasteiger partial charge is 0.266 e. The van der Waals surface area contributed by atoms with Crippen molar-refractivity contribution in [2.24, 2.45) is 0 Å². The van der Waals surface area contributed by atoms with E-state index in [1.54, 1.807) is 6.07 Å². The Morgan fingerprint density at radius 3 is 2.31 bits per heavy atom. The minimum absolute atomic E-state index is 0.0370. The van der Waals surface area contributed by atoms with Crippen molar-refractivity contribution < 1.29 is 19.8 Å². The Hall–Kier alpha value is -1.52. The zero-order valence-electron chi connectivity index (χ0n) is 6.52. The van der Waals surface area contributed by atoms with Gasteiger partial charge in [-0.15, -0.1) is 0 Å². The Balaban J connectivity index is 2.75. The molecule has 0 fully saturated rings. The van der Waals surface area contributed by atoms with Crippen molar-refractivity contribution >= 4 is 11.6 Å². The Bertz CT molecular complexity index is 406. The lowest BCUT2D eigenvalue weighted by molar-refractivity contribution is -0.179. The van der Waals surface area contributed by atoms with Gasteiger partial charge in [-0.1, -0.05) is 24.3 Å². The highest BCUT2D eigenvalue weighted by atomic mass is 16.5. The van der Waals surface area contributed by atoms with Gasteiger partial charge >= 0.3 is 0 Å². The van der Waals surface area contributed by atoms with E-state index in [2.05, 4.69) is 0 Å². The van der Waals surface area contributed by atoms with Gasteiger partial charge in [0.25, 0.3) is 11.6 Å². The lowest BCUT2D eigenvalue weighted by atomic mass is 10.1. The maximum Gasteiger partial charge on any atom is 0.266 e. The SMILES string of the molecule is O=C1C(=O)C(O)(O)c2ccccc21. The average molecular weight is 178 g/mol. The quantitative estimate of drug-likeness (QED) is 0.418. The minimum atomic E-state index is -2.63. The van der Waals surface area contributed by atoms with E-state index < -0.39 is 17.4 Å². The van der Waals surface area contributed by atoms with Gasteiger partial charge in [0.1, 0.15) is 0 Å². The molecule has 0 unspecified atom stereocenters. The third-order valence-corrected chi connectivity index (χ3v) is 2.07. The number of hydrogen-bond donors (Lipinski definition) is 2. The summed E-state index contributed by atoms with van der Waals surface area (Å²) in [6, 6.07) is 5.83. The van der Waals surface area contributed by atoms with Crippen molar-refractivity contribution in [2.45, 2.75) is 5.79 Å². The van der Waals surface area contributed by atoms with Gasteiger partial charge in [-0.05, 0) is 0 Å². The zero-order valence-corrected chi connectivity index (χ0v) is 6.52. The van der Waals surface area contributed by atoms with Crippen LogP contribution in [0, 0.1) is 0 Å². The average Bonchev–Trinajstić information content (AvgIpc) is 2.30. The highest BCUT2D eigenvalue weighted by molar-refractivity contribution is 6.49. The monoisotopic (exact) mass is 178 g/mol. The van der Waals surface area contributed by atoms with Crippen molar-refractivity contribution in [3.05, 3.63) is 35.4 Å². The van der Waals surface area contributed by atoms with Gasteiger partial charge in [-0.25, -0.2) is 0 Å². The molecule has 0 heterocycles. The molecule has 0 saturated carbocycles. The van der Waals surface area contributed by atoms with Crippen LogP contribution < -0.4 is 0 Å². The molecule has 2 N–H and O–H groups in total. The van der Waals surface area contributed by atoms with E-state index in [4.69, 9.17) is 0 Å². The molecular weight excluding hydrogens is 172 g/mol. The molecule has 13 heavy (non-hydrogen) atoms. The Labute approximate surface area is 73.4 Å². The van der Waals surface area contributed by atoms with Gasteiger partial charge in [-0.3, -0.25) is 9.59 Å². The molecule has 0 aliphatic heterocycles. The number of aliphatic hydroxyl groups is 2. The zero-order chi connectivity index (χ0) is 9.64. The second-order valence-electron chi connectivity index (χ2n) is 2.88. The van der Waals surface area contributed by atoms with Gasteiger partial charge < -0.3 is 10.2 Å². The molecule has 0 spiro atoms. The van der Waals surface area contributed by atoms with Gasteiger partial charge in [0.15, 0.2) is 0 Å². The van der Waals surface area contributed by atoms with Crippen LogP contribution in [-0.4, -0.2) is 21.8 Å². The third-order valence-electron chi connectivity index (χ3n) is 2.07. The topological polar surface area (TPSA) is 74.6 Å². The molecular formula is C9H6O4. The largest absolute Gasteiger partial charge is 0.356 e. The molecule has 0 saturated heterocycles. The fourth-order valence-corrected chi connectivity index (χ4v) is 1.39. The number of rotatable bonds is 0. The number of carbonyl (C=O) groups excluding carboxylic acids is 2. The predicted octanol–water partition coefficient (Wildman–Crippen LogP) is -0.411. The molecule has 2 rings (SSSR count). The lowest BCUT2D eigenvalue weighted by Gasteiger charge is -2.11. The van der Waals surface area contributed by atoms with E-state index >= 15 is 0 Å². The number of benzene rings is 1. The summed E-state index contributed by atoms with van der Waals surface area (Å²) in [6.45, 7) is 0. The van der Waals surface area contributed by atoms with Crippen LogP contribution in [0.1, 0.15) is 15.9 Å². The van der Waals surface area contributed by atoms with Gasteiger partial charge in [0.2, 0.25) is 5.78 Å². The summed E-state index contributed by atoms with van der Waals surface area (Å²) in [5, 5.41) is 18.5. The van der Waals surface area contributed by atoms with E-state index in [0.717, 1.165) is 0 Å². The van der Waals surface area contributed by atoms with E-state index in [1.807, 2.05) is 0 Å². The first-order chi connectivity index (χ1) is 6.05. The number of carbonyl (C=O) groups is 2. The van der Waals surface area contributed by atoms with Gasteiger partial charge in [0.05, 0.1) is 0 Å². The van der Waals surface area contributed by atoms with Crippen LogP contribution >= 0.6 is 0 Å². The third kappa shape index (κ3) is 0.867. The van der Waals surface area contributed by atoms with Crippen LogP contribution in [0.3, 0.4) is 0 Å². The molecule has 4 nitrogen and oxygen atoms in total. The Kier molecular flexibility index (Phi) is 1.40. The maximum atomic E-state index is 11.1. The first kappa shape index (κ1) is 8.10. The number of fused-ring (bicyclic) bond motifs is 1. The summed E-state index contributed by atoms with van der Waals surface area (Å²) in [6.07, 6.45) is 0. The van der Waals surface area contributed by atoms with Gasteiger partial charge in [-0.2, -0.15) is 0 Å². The molecule has 0 aromatic heterocycles. The normalized spacial score (nSPS) is 18.9.